The van der Waals surface area contributed by atoms with Crippen molar-refractivity contribution in [2.75, 3.05) is 0 Å². The van der Waals surface area contributed by atoms with Gasteiger partial charge in [0.25, 0.3) is 5.91 Å². The van der Waals surface area contributed by atoms with Crippen LogP contribution in [0.5, 0.6) is 0 Å². The predicted molar refractivity (Wildman–Crippen MR) is 76.1 cm³/mol. The molecule has 0 aromatic carbocycles. The third-order valence-electron chi connectivity index (χ3n) is 2.56. The molecule has 0 aliphatic carbocycles. The van der Waals surface area contributed by atoms with E-state index in [1.165, 1.54) is 12.1 Å². The van der Waals surface area contributed by atoms with E-state index in [1.54, 1.807) is 34.6 Å². The fourth-order valence-corrected chi connectivity index (χ4v) is 1.61. The number of halogens is 1. The van der Waals surface area contributed by atoms with E-state index in [4.69, 9.17) is 4.74 Å². The minimum Gasteiger partial charge on any atom is -0.458 e. The molecule has 21 heavy (non-hydrogen) atoms. The third-order valence-corrected chi connectivity index (χ3v) is 2.56. The topological polar surface area (TPSA) is 68.3 Å². The first-order valence-electron chi connectivity index (χ1n) is 6.76. The van der Waals surface area contributed by atoms with Gasteiger partial charge in [0.15, 0.2) is 0 Å². The maximum atomic E-state index is 13.0. The number of hydrogen-bond donors (Lipinski definition) is 1. The van der Waals surface area contributed by atoms with Gasteiger partial charge < -0.3 is 10.1 Å². The van der Waals surface area contributed by atoms with Gasteiger partial charge in [-0.2, -0.15) is 4.39 Å². The maximum Gasteiger partial charge on any atom is 0.329 e. The van der Waals surface area contributed by atoms with E-state index in [0.29, 0.717) is 0 Å². The Balaban J connectivity index is 2.84. The van der Waals surface area contributed by atoms with E-state index in [-0.39, 0.29) is 11.6 Å². The van der Waals surface area contributed by atoms with E-state index in [1.807, 2.05) is 0 Å². The molecular formula is C15H21FN2O3. The molecule has 6 heteroatoms. The monoisotopic (exact) mass is 296 g/mol. The van der Waals surface area contributed by atoms with Crippen LogP contribution < -0.4 is 5.32 Å². The smallest absolute Gasteiger partial charge is 0.329 e. The lowest BCUT2D eigenvalue weighted by Gasteiger charge is -2.26. The molecule has 1 aromatic heterocycles. The van der Waals surface area contributed by atoms with Crippen molar-refractivity contribution in [2.24, 2.45) is 5.92 Å². The largest absolute Gasteiger partial charge is 0.458 e. The zero-order valence-corrected chi connectivity index (χ0v) is 12.9. The number of nitrogens with zero attached hydrogens (tertiary/aromatic N) is 1. The van der Waals surface area contributed by atoms with Gasteiger partial charge in [0.05, 0.1) is 0 Å². The Labute approximate surface area is 123 Å². The fourth-order valence-electron chi connectivity index (χ4n) is 1.61. The van der Waals surface area contributed by atoms with E-state index in [2.05, 4.69) is 10.3 Å². The SMILES string of the molecule is CC(C)[C@@H](NC(=O)c1cccc(F)n1)C(=O)OC(C)(C)C. The summed E-state index contributed by atoms with van der Waals surface area (Å²) in [5.41, 5.74) is -0.726. The van der Waals surface area contributed by atoms with Crippen LogP contribution in [0.15, 0.2) is 18.2 Å². The van der Waals surface area contributed by atoms with Gasteiger partial charge in [0.1, 0.15) is 17.3 Å². The first kappa shape index (κ1) is 17.1. The Morgan fingerprint density at radius 2 is 1.90 bits per heavy atom. The summed E-state index contributed by atoms with van der Waals surface area (Å²) >= 11 is 0. The number of carbonyl (C=O) groups excluding carboxylic acids is 2. The van der Waals surface area contributed by atoms with E-state index < -0.39 is 29.5 Å². The molecule has 0 spiro atoms. The highest BCUT2D eigenvalue weighted by molar-refractivity contribution is 5.95. The minimum atomic E-state index is -0.818. The lowest BCUT2D eigenvalue weighted by Crippen LogP contribution is -2.47. The molecule has 0 aliphatic rings. The first-order valence-corrected chi connectivity index (χ1v) is 6.76. The molecular weight excluding hydrogens is 275 g/mol. The number of rotatable bonds is 4. The number of hydrogen-bond acceptors (Lipinski definition) is 4. The van der Waals surface area contributed by atoms with Crippen molar-refractivity contribution < 1.29 is 18.7 Å². The number of amides is 1. The predicted octanol–water partition coefficient (Wildman–Crippen LogP) is 2.32. The highest BCUT2D eigenvalue weighted by atomic mass is 19.1. The van der Waals surface area contributed by atoms with E-state index in [9.17, 15) is 14.0 Å². The van der Waals surface area contributed by atoms with Gasteiger partial charge in [-0.05, 0) is 38.8 Å². The molecule has 1 rings (SSSR count). The third kappa shape index (κ3) is 5.49. The Morgan fingerprint density at radius 3 is 2.38 bits per heavy atom. The summed E-state index contributed by atoms with van der Waals surface area (Å²) in [5, 5.41) is 2.54. The molecule has 1 aromatic rings. The van der Waals surface area contributed by atoms with Crippen LogP contribution in [0, 0.1) is 11.9 Å². The van der Waals surface area contributed by atoms with Crippen LogP contribution in [0.25, 0.3) is 0 Å². The molecule has 1 heterocycles. The molecule has 1 N–H and O–H groups in total. The first-order chi connectivity index (χ1) is 9.60. The van der Waals surface area contributed by atoms with Crippen LogP contribution in [0.1, 0.15) is 45.1 Å². The van der Waals surface area contributed by atoms with Crippen LogP contribution in [0.2, 0.25) is 0 Å². The second kappa shape index (κ2) is 6.65. The quantitative estimate of drug-likeness (QED) is 0.684. The number of esters is 1. The summed E-state index contributed by atoms with van der Waals surface area (Å²) in [6.07, 6.45) is 0. The standard InChI is InChI=1S/C15H21FN2O3/c1-9(2)12(14(20)21-15(3,4)5)18-13(19)10-7-6-8-11(16)17-10/h6-9,12H,1-5H3,(H,18,19)/t12-/m1/s1. The molecule has 0 aliphatic heterocycles. The Kier molecular flexibility index (Phi) is 5.41. The molecule has 0 saturated carbocycles. The van der Waals surface area contributed by atoms with Gasteiger partial charge in [0.2, 0.25) is 5.95 Å². The normalized spacial score (nSPS) is 12.9. The summed E-state index contributed by atoms with van der Waals surface area (Å²) in [5.74, 6) is -2.06. The van der Waals surface area contributed by atoms with Crippen molar-refractivity contribution >= 4 is 11.9 Å². The van der Waals surface area contributed by atoms with Crippen molar-refractivity contribution in [3.05, 3.63) is 29.8 Å². The number of ether oxygens (including phenoxy) is 1. The van der Waals surface area contributed by atoms with E-state index in [0.717, 1.165) is 6.07 Å². The highest BCUT2D eigenvalue weighted by Gasteiger charge is 2.29. The lowest BCUT2D eigenvalue weighted by atomic mass is 10.0. The van der Waals surface area contributed by atoms with Gasteiger partial charge in [0, 0.05) is 0 Å². The molecule has 1 amide bonds. The zero-order chi connectivity index (χ0) is 16.2. The molecule has 0 fully saturated rings. The molecule has 0 unspecified atom stereocenters. The van der Waals surface area contributed by atoms with Gasteiger partial charge in [-0.15, -0.1) is 0 Å². The summed E-state index contributed by atoms with van der Waals surface area (Å²) in [6, 6.07) is 3.09. The fraction of sp³-hybridized carbons (Fsp3) is 0.533. The maximum absolute atomic E-state index is 13.0. The number of pyridine rings is 1. The Hall–Kier alpha value is -1.98. The van der Waals surface area contributed by atoms with Crippen LogP contribution in [0.4, 0.5) is 4.39 Å². The van der Waals surface area contributed by atoms with E-state index >= 15 is 0 Å². The van der Waals surface area contributed by atoms with Gasteiger partial charge in [-0.25, -0.2) is 9.78 Å². The zero-order valence-electron chi connectivity index (χ0n) is 12.9. The van der Waals surface area contributed by atoms with Crippen molar-refractivity contribution in [2.45, 2.75) is 46.3 Å². The van der Waals surface area contributed by atoms with Crippen LogP contribution >= 0.6 is 0 Å². The summed E-state index contributed by atoms with van der Waals surface area (Å²) in [7, 11) is 0. The van der Waals surface area contributed by atoms with Crippen molar-refractivity contribution in [3.8, 4) is 0 Å². The van der Waals surface area contributed by atoms with Crippen molar-refractivity contribution in [1.82, 2.24) is 10.3 Å². The minimum absolute atomic E-state index is 0.0794. The van der Waals surface area contributed by atoms with Crippen LogP contribution in [-0.4, -0.2) is 28.5 Å². The average Bonchev–Trinajstić information content (AvgIpc) is 2.32. The number of aromatic nitrogens is 1. The van der Waals surface area contributed by atoms with Crippen molar-refractivity contribution in [1.29, 1.82) is 0 Å². The molecule has 0 radical (unpaired) electrons. The average molecular weight is 296 g/mol. The highest BCUT2D eigenvalue weighted by Crippen LogP contribution is 2.13. The summed E-state index contributed by atoms with van der Waals surface area (Å²) in [4.78, 5) is 27.6. The molecule has 5 nitrogen and oxygen atoms in total. The Morgan fingerprint density at radius 1 is 1.29 bits per heavy atom. The Bertz CT molecular complexity index is 524. The number of carbonyl (C=O) groups is 2. The molecule has 1 atom stereocenters. The molecule has 0 saturated heterocycles. The molecule has 0 bridgehead atoms. The molecule has 116 valence electrons. The second-order valence-electron chi connectivity index (χ2n) is 6.07. The van der Waals surface area contributed by atoms with Crippen LogP contribution in [-0.2, 0) is 9.53 Å². The second-order valence-corrected chi connectivity index (χ2v) is 6.07. The van der Waals surface area contributed by atoms with Crippen LogP contribution in [0.3, 0.4) is 0 Å². The summed E-state index contributed by atoms with van der Waals surface area (Å²) < 4.78 is 18.3. The van der Waals surface area contributed by atoms with Gasteiger partial charge in [-0.3, -0.25) is 4.79 Å². The van der Waals surface area contributed by atoms with Gasteiger partial charge in [-0.1, -0.05) is 19.9 Å². The van der Waals surface area contributed by atoms with Gasteiger partial charge >= 0.3 is 5.97 Å². The number of nitrogens with one attached hydrogen (secondary N) is 1. The lowest BCUT2D eigenvalue weighted by molar-refractivity contribution is -0.158. The summed E-state index contributed by atoms with van der Waals surface area (Å²) in [6.45, 7) is 8.82. The van der Waals surface area contributed by atoms with Crippen molar-refractivity contribution in [3.63, 3.8) is 0 Å².